The number of hydrogen-bond acceptors (Lipinski definition) is 4. The Morgan fingerprint density at radius 1 is 1.11 bits per heavy atom. The number of nitrogen functional groups attached to an aromatic ring is 1. The van der Waals surface area contributed by atoms with E-state index >= 15 is 0 Å². The number of nitrogens with two attached hydrogens (primary N) is 1. The second-order valence-electron chi connectivity index (χ2n) is 4.30. The second kappa shape index (κ2) is 3.80. The summed E-state index contributed by atoms with van der Waals surface area (Å²) >= 11 is 1.64. The van der Waals surface area contributed by atoms with Gasteiger partial charge in [-0.05, 0) is 17.5 Å². The van der Waals surface area contributed by atoms with Crippen molar-refractivity contribution in [3.8, 4) is 5.69 Å². The van der Waals surface area contributed by atoms with Gasteiger partial charge in [0.15, 0.2) is 0 Å². The summed E-state index contributed by atoms with van der Waals surface area (Å²) in [5.41, 5.74) is 9.89. The molecule has 3 heterocycles. The lowest BCUT2D eigenvalue weighted by atomic mass is 10.2. The van der Waals surface area contributed by atoms with Crippen LogP contribution in [0.1, 0.15) is 0 Å². The number of pyridine rings is 1. The van der Waals surface area contributed by atoms with Crippen molar-refractivity contribution in [2.45, 2.75) is 0 Å². The van der Waals surface area contributed by atoms with Crippen LogP contribution in [0.4, 0.5) is 5.95 Å². The number of rotatable bonds is 1. The van der Waals surface area contributed by atoms with Crippen LogP contribution >= 0.6 is 11.3 Å². The largest absolute Gasteiger partial charge is 0.369 e. The number of benzene rings is 1. The van der Waals surface area contributed by atoms with E-state index in [1.165, 1.54) is 0 Å². The van der Waals surface area contributed by atoms with Gasteiger partial charge in [-0.1, -0.05) is 18.2 Å². The fourth-order valence-corrected chi connectivity index (χ4v) is 2.99. The van der Waals surface area contributed by atoms with Crippen LogP contribution in [0.15, 0.2) is 47.3 Å². The highest BCUT2D eigenvalue weighted by Gasteiger charge is 2.13. The number of anilines is 1. The van der Waals surface area contributed by atoms with Gasteiger partial charge in [-0.3, -0.25) is 9.55 Å². The molecule has 0 fully saturated rings. The summed E-state index contributed by atoms with van der Waals surface area (Å²) in [6.07, 6.45) is 1.77. The Morgan fingerprint density at radius 2 is 2.00 bits per heavy atom. The Morgan fingerprint density at radius 3 is 2.84 bits per heavy atom. The molecule has 5 heteroatoms. The first-order valence-corrected chi connectivity index (χ1v) is 6.83. The molecule has 0 aliphatic carbocycles. The molecule has 3 aromatic heterocycles. The molecule has 0 spiro atoms. The van der Waals surface area contributed by atoms with Crippen LogP contribution in [0, 0.1) is 0 Å². The monoisotopic (exact) mass is 266 g/mol. The van der Waals surface area contributed by atoms with Gasteiger partial charge in [0.2, 0.25) is 5.95 Å². The Kier molecular flexibility index (Phi) is 2.10. The number of thiophene rings is 1. The van der Waals surface area contributed by atoms with E-state index in [1.54, 1.807) is 17.5 Å². The van der Waals surface area contributed by atoms with Crippen LogP contribution in [-0.2, 0) is 0 Å². The molecule has 0 aliphatic heterocycles. The molecule has 0 bridgehead atoms. The van der Waals surface area contributed by atoms with E-state index < -0.39 is 0 Å². The van der Waals surface area contributed by atoms with E-state index in [0.29, 0.717) is 5.95 Å². The van der Waals surface area contributed by atoms with Crippen LogP contribution in [0.3, 0.4) is 0 Å². The summed E-state index contributed by atoms with van der Waals surface area (Å²) in [4.78, 5) is 8.82. The Balaban J connectivity index is 2.23. The lowest BCUT2D eigenvalue weighted by Crippen LogP contribution is -1.99. The summed E-state index contributed by atoms with van der Waals surface area (Å²) in [6.45, 7) is 0. The van der Waals surface area contributed by atoms with Crippen molar-refractivity contribution in [3.63, 3.8) is 0 Å². The van der Waals surface area contributed by atoms with Gasteiger partial charge < -0.3 is 5.73 Å². The minimum absolute atomic E-state index is 0.492. The maximum absolute atomic E-state index is 6.06. The van der Waals surface area contributed by atoms with Crippen molar-refractivity contribution in [1.82, 2.24) is 14.5 Å². The summed E-state index contributed by atoms with van der Waals surface area (Å²) in [5, 5.41) is 5.16. The van der Waals surface area contributed by atoms with Crippen molar-refractivity contribution in [2.75, 3.05) is 5.73 Å². The number of hydrogen-bond donors (Lipinski definition) is 1. The average Bonchev–Trinajstić information content (AvgIpc) is 3.04. The van der Waals surface area contributed by atoms with E-state index in [-0.39, 0.29) is 0 Å². The topological polar surface area (TPSA) is 56.7 Å². The fourth-order valence-electron chi connectivity index (χ4n) is 2.37. The minimum atomic E-state index is 0.492. The van der Waals surface area contributed by atoms with Gasteiger partial charge in [0, 0.05) is 10.8 Å². The number of fused-ring (bicyclic) bond motifs is 3. The van der Waals surface area contributed by atoms with Gasteiger partial charge in [-0.15, -0.1) is 0 Å². The first-order valence-electron chi connectivity index (χ1n) is 5.89. The third-order valence-corrected chi connectivity index (χ3v) is 3.85. The molecule has 0 saturated heterocycles. The maximum atomic E-state index is 6.06. The van der Waals surface area contributed by atoms with Gasteiger partial charge in [0.1, 0.15) is 5.52 Å². The number of aromatic nitrogens is 3. The molecule has 0 radical (unpaired) electrons. The normalized spacial score (nSPS) is 11.4. The van der Waals surface area contributed by atoms with Crippen molar-refractivity contribution >= 4 is 39.2 Å². The van der Waals surface area contributed by atoms with E-state index in [4.69, 9.17) is 5.73 Å². The van der Waals surface area contributed by atoms with Crippen LogP contribution < -0.4 is 5.73 Å². The lowest BCUT2D eigenvalue weighted by molar-refractivity contribution is 1.12. The van der Waals surface area contributed by atoms with Crippen molar-refractivity contribution in [2.24, 2.45) is 0 Å². The van der Waals surface area contributed by atoms with Crippen molar-refractivity contribution in [1.29, 1.82) is 0 Å². The zero-order chi connectivity index (χ0) is 12.8. The molecule has 0 atom stereocenters. The predicted molar refractivity (Wildman–Crippen MR) is 78.7 cm³/mol. The zero-order valence-corrected chi connectivity index (χ0v) is 10.8. The molecule has 92 valence electrons. The van der Waals surface area contributed by atoms with Crippen LogP contribution in [0.2, 0.25) is 0 Å². The third kappa shape index (κ3) is 1.45. The summed E-state index contributed by atoms with van der Waals surface area (Å²) in [7, 11) is 0. The summed E-state index contributed by atoms with van der Waals surface area (Å²) in [5.74, 6) is 0.492. The number of imidazole rings is 1. The zero-order valence-electron chi connectivity index (χ0n) is 9.95. The Hall–Kier alpha value is -2.40. The van der Waals surface area contributed by atoms with Crippen molar-refractivity contribution in [3.05, 3.63) is 47.3 Å². The van der Waals surface area contributed by atoms with Gasteiger partial charge in [-0.25, -0.2) is 4.98 Å². The van der Waals surface area contributed by atoms with Crippen LogP contribution in [-0.4, -0.2) is 14.5 Å². The molecular formula is C14H10N4S. The molecular weight excluding hydrogens is 256 g/mol. The van der Waals surface area contributed by atoms with Crippen LogP contribution in [0.25, 0.3) is 27.6 Å². The molecule has 0 aliphatic rings. The number of nitrogens with zero attached hydrogens (tertiary/aromatic N) is 3. The second-order valence-corrected chi connectivity index (χ2v) is 5.08. The van der Waals surface area contributed by atoms with Gasteiger partial charge >= 0.3 is 0 Å². The van der Waals surface area contributed by atoms with Crippen molar-refractivity contribution < 1.29 is 0 Å². The van der Waals surface area contributed by atoms with Gasteiger partial charge in [0.25, 0.3) is 0 Å². The minimum Gasteiger partial charge on any atom is -0.369 e. The molecule has 2 N–H and O–H groups in total. The Labute approximate surface area is 113 Å². The predicted octanol–water partition coefficient (Wildman–Crippen LogP) is 3.22. The number of para-hydroxylation sites is 1. The molecule has 0 saturated carbocycles. The first kappa shape index (κ1) is 10.5. The molecule has 4 nitrogen and oxygen atoms in total. The molecule has 0 unspecified atom stereocenters. The smallest absolute Gasteiger partial charge is 0.206 e. The Bertz CT molecular complexity index is 877. The van der Waals surface area contributed by atoms with Gasteiger partial charge in [0.05, 0.1) is 22.9 Å². The molecule has 1 aromatic carbocycles. The fraction of sp³-hybridized carbons (Fsp3) is 0. The van der Waals surface area contributed by atoms with E-state index in [9.17, 15) is 0 Å². The third-order valence-electron chi connectivity index (χ3n) is 3.18. The quantitative estimate of drug-likeness (QED) is 0.575. The molecule has 19 heavy (non-hydrogen) atoms. The van der Waals surface area contributed by atoms with E-state index in [0.717, 1.165) is 27.6 Å². The van der Waals surface area contributed by atoms with E-state index in [1.807, 2.05) is 34.2 Å². The molecule has 4 aromatic rings. The maximum Gasteiger partial charge on any atom is 0.206 e. The first-order chi connectivity index (χ1) is 9.34. The highest BCUT2D eigenvalue weighted by Crippen LogP contribution is 2.29. The highest BCUT2D eigenvalue weighted by atomic mass is 32.1. The standard InChI is InChI=1S/C14H10N4S/c15-14-17-12-7-16-11-4-2-1-3-10(11)13(12)18(14)9-5-6-19-8-9/h1-8H,(H2,15,17). The summed E-state index contributed by atoms with van der Waals surface area (Å²) in [6, 6.07) is 10.1. The lowest BCUT2D eigenvalue weighted by Gasteiger charge is -2.05. The SMILES string of the molecule is Nc1nc2cnc3ccccc3c2n1-c1ccsc1. The van der Waals surface area contributed by atoms with Crippen LogP contribution in [0.5, 0.6) is 0 Å². The highest BCUT2D eigenvalue weighted by molar-refractivity contribution is 7.08. The summed E-state index contributed by atoms with van der Waals surface area (Å²) < 4.78 is 1.98. The van der Waals surface area contributed by atoms with Gasteiger partial charge in [-0.2, -0.15) is 11.3 Å². The molecule has 4 rings (SSSR count). The van der Waals surface area contributed by atoms with E-state index in [2.05, 4.69) is 21.4 Å². The average molecular weight is 266 g/mol. The molecule has 0 amide bonds.